The zero-order valence-electron chi connectivity index (χ0n) is 6.74. The Morgan fingerprint density at radius 1 is 1.09 bits per heavy atom. The molecule has 0 unspecified atom stereocenters. The first-order valence-corrected chi connectivity index (χ1v) is 3.59. The molecule has 60 valence electrons. The summed E-state index contributed by atoms with van der Waals surface area (Å²) in [5.74, 6) is -0.208. The van der Waals surface area contributed by atoms with Crippen LogP contribution in [0.15, 0.2) is 35.1 Å². The molecule has 0 saturated heterocycles. The van der Waals surface area contributed by atoms with Gasteiger partial charge in [-0.3, -0.25) is 4.79 Å². The third-order valence-corrected chi connectivity index (χ3v) is 0.976. The van der Waals surface area contributed by atoms with E-state index >= 15 is 0 Å². The Kier molecular flexibility index (Phi) is 4.82. The van der Waals surface area contributed by atoms with E-state index in [9.17, 15) is 4.79 Å². The highest BCUT2D eigenvalue weighted by atomic mass is 16.3. The summed E-state index contributed by atoms with van der Waals surface area (Å²) in [6.45, 7) is 4.00. The van der Waals surface area contributed by atoms with E-state index in [0.717, 1.165) is 0 Å². The van der Waals surface area contributed by atoms with Gasteiger partial charge in [0.15, 0.2) is 5.75 Å². The first-order chi connectivity index (χ1) is 5.30. The summed E-state index contributed by atoms with van der Waals surface area (Å²) in [5, 5.41) is 8.77. The van der Waals surface area contributed by atoms with Crippen molar-refractivity contribution >= 4 is 0 Å². The van der Waals surface area contributed by atoms with Crippen LogP contribution in [-0.2, 0) is 0 Å². The van der Waals surface area contributed by atoms with Crippen LogP contribution in [0.3, 0.4) is 0 Å². The first-order valence-electron chi connectivity index (χ1n) is 3.59. The Balaban J connectivity index is 0.000000461. The topological polar surface area (TPSA) is 37.3 Å². The van der Waals surface area contributed by atoms with Crippen molar-refractivity contribution in [3.05, 3.63) is 40.6 Å². The molecule has 0 heterocycles. The van der Waals surface area contributed by atoms with Gasteiger partial charge in [0.2, 0.25) is 5.43 Å². The van der Waals surface area contributed by atoms with Gasteiger partial charge < -0.3 is 5.11 Å². The maximum absolute atomic E-state index is 10.6. The SMILES string of the molecule is CC.O=c1cccccc1O. The van der Waals surface area contributed by atoms with Crippen molar-refractivity contribution in [1.29, 1.82) is 0 Å². The van der Waals surface area contributed by atoms with E-state index in [1.165, 1.54) is 12.1 Å². The van der Waals surface area contributed by atoms with Crippen LogP contribution in [0, 0.1) is 0 Å². The quantitative estimate of drug-likeness (QED) is 0.615. The lowest BCUT2D eigenvalue weighted by Crippen LogP contribution is -1.90. The second-order valence-corrected chi connectivity index (χ2v) is 1.66. The molecule has 0 radical (unpaired) electrons. The number of hydrogen-bond donors (Lipinski definition) is 1. The Labute approximate surface area is 66.1 Å². The maximum Gasteiger partial charge on any atom is 0.220 e. The molecule has 0 saturated carbocycles. The second-order valence-electron chi connectivity index (χ2n) is 1.66. The van der Waals surface area contributed by atoms with Gasteiger partial charge in [0.05, 0.1) is 0 Å². The molecule has 0 amide bonds. The predicted molar refractivity (Wildman–Crippen MR) is 45.7 cm³/mol. The highest BCUT2D eigenvalue weighted by molar-refractivity contribution is 5.17. The lowest BCUT2D eigenvalue weighted by molar-refractivity contribution is 0.471. The Morgan fingerprint density at radius 2 is 1.64 bits per heavy atom. The Morgan fingerprint density at radius 3 is 2.27 bits per heavy atom. The largest absolute Gasteiger partial charge is 0.504 e. The predicted octanol–water partition coefficient (Wildman–Crippen LogP) is 1.78. The normalized spacial score (nSPS) is 7.82. The van der Waals surface area contributed by atoms with Gasteiger partial charge in [-0.15, -0.1) is 0 Å². The fourth-order valence-corrected chi connectivity index (χ4v) is 0.521. The summed E-state index contributed by atoms with van der Waals surface area (Å²) in [4.78, 5) is 10.6. The minimum absolute atomic E-state index is 0.208. The van der Waals surface area contributed by atoms with Crippen LogP contribution in [0.5, 0.6) is 5.75 Å². The average molecular weight is 152 g/mol. The molecule has 1 aromatic carbocycles. The average Bonchev–Trinajstić information content (AvgIpc) is 2.22. The van der Waals surface area contributed by atoms with Gasteiger partial charge in [-0.05, 0) is 12.1 Å². The highest BCUT2D eigenvalue weighted by Crippen LogP contribution is 1.93. The maximum atomic E-state index is 10.6. The number of hydrogen-bond acceptors (Lipinski definition) is 2. The summed E-state index contributed by atoms with van der Waals surface area (Å²) < 4.78 is 0. The molecule has 11 heavy (non-hydrogen) atoms. The molecule has 0 fully saturated rings. The Bertz CT molecular complexity index is 255. The third kappa shape index (κ3) is 3.40. The third-order valence-electron chi connectivity index (χ3n) is 0.976. The molecular formula is C9H12O2. The van der Waals surface area contributed by atoms with Crippen molar-refractivity contribution in [2.24, 2.45) is 0 Å². The number of aromatic hydroxyl groups is 1. The van der Waals surface area contributed by atoms with Crippen molar-refractivity contribution in [2.45, 2.75) is 13.8 Å². The summed E-state index contributed by atoms with van der Waals surface area (Å²) in [7, 11) is 0. The molecule has 2 heteroatoms. The van der Waals surface area contributed by atoms with E-state index in [1.807, 2.05) is 13.8 Å². The van der Waals surface area contributed by atoms with Crippen LogP contribution in [0.1, 0.15) is 13.8 Å². The van der Waals surface area contributed by atoms with Gasteiger partial charge >= 0.3 is 0 Å². The van der Waals surface area contributed by atoms with Gasteiger partial charge in [0, 0.05) is 0 Å². The van der Waals surface area contributed by atoms with Gasteiger partial charge in [-0.2, -0.15) is 0 Å². The molecule has 2 nitrogen and oxygen atoms in total. The first kappa shape index (κ1) is 9.69. The lowest BCUT2D eigenvalue weighted by atomic mass is 10.5. The smallest absolute Gasteiger partial charge is 0.220 e. The van der Waals surface area contributed by atoms with Crippen LogP contribution >= 0.6 is 0 Å². The van der Waals surface area contributed by atoms with Crippen LogP contribution in [0.25, 0.3) is 0 Å². The molecule has 1 rings (SSSR count). The van der Waals surface area contributed by atoms with Crippen molar-refractivity contribution in [1.82, 2.24) is 0 Å². The van der Waals surface area contributed by atoms with Gasteiger partial charge in [0.25, 0.3) is 0 Å². The highest BCUT2D eigenvalue weighted by Gasteiger charge is 1.85. The van der Waals surface area contributed by atoms with Crippen LogP contribution < -0.4 is 5.43 Å². The molecule has 0 atom stereocenters. The zero-order valence-corrected chi connectivity index (χ0v) is 6.74. The van der Waals surface area contributed by atoms with E-state index in [0.29, 0.717) is 0 Å². The van der Waals surface area contributed by atoms with Crippen molar-refractivity contribution in [3.63, 3.8) is 0 Å². The Hall–Kier alpha value is -1.31. The fourth-order valence-electron chi connectivity index (χ4n) is 0.521. The van der Waals surface area contributed by atoms with E-state index in [-0.39, 0.29) is 11.2 Å². The molecule has 0 spiro atoms. The molecule has 0 aromatic heterocycles. The summed E-state index contributed by atoms with van der Waals surface area (Å²) >= 11 is 0. The molecule has 0 aliphatic carbocycles. The van der Waals surface area contributed by atoms with Crippen LogP contribution in [-0.4, -0.2) is 5.11 Å². The van der Waals surface area contributed by atoms with Gasteiger partial charge in [-0.1, -0.05) is 32.0 Å². The molecule has 1 N–H and O–H groups in total. The van der Waals surface area contributed by atoms with Gasteiger partial charge in [0.1, 0.15) is 0 Å². The van der Waals surface area contributed by atoms with Gasteiger partial charge in [-0.25, -0.2) is 0 Å². The molecule has 0 aliphatic rings. The van der Waals surface area contributed by atoms with E-state index in [1.54, 1.807) is 18.2 Å². The molecule has 1 aromatic rings. The van der Waals surface area contributed by atoms with E-state index in [2.05, 4.69) is 0 Å². The van der Waals surface area contributed by atoms with E-state index in [4.69, 9.17) is 5.11 Å². The number of rotatable bonds is 0. The van der Waals surface area contributed by atoms with Crippen LogP contribution in [0.2, 0.25) is 0 Å². The van der Waals surface area contributed by atoms with Crippen molar-refractivity contribution < 1.29 is 5.11 Å². The lowest BCUT2D eigenvalue weighted by Gasteiger charge is -1.74. The molecule has 0 aliphatic heterocycles. The van der Waals surface area contributed by atoms with E-state index < -0.39 is 0 Å². The summed E-state index contributed by atoms with van der Waals surface area (Å²) in [6.07, 6.45) is 0. The van der Waals surface area contributed by atoms with Crippen molar-refractivity contribution in [2.75, 3.05) is 0 Å². The zero-order chi connectivity index (χ0) is 8.69. The van der Waals surface area contributed by atoms with Crippen molar-refractivity contribution in [3.8, 4) is 5.75 Å². The standard InChI is InChI=1S/C7H6O2.C2H6/c8-6-4-2-1-3-5-7(6)9;1-2/h1-5H,(H,8,9);1-2H3. The summed E-state index contributed by atoms with van der Waals surface area (Å²) in [6, 6.07) is 7.55. The fraction of sp³-hybridized carbons (Fsp3) is 0.222. The molecular weight excluding hydrogens is 140 g/mol. The van der Waals surface area contributed by atoms with Crippen LogP contribution in [0.4, 0.5) is 0 Å². The minimum atomic E-state index is -0.347. The minimum Gasteiger partial charge on any atom is -0.504 e. The summed E-state index contributed by atoms with van der Waals surface area (Å²) in [5.41, 5.74) is -0.347. The second kappa shape index (κ2) is 5.47. The monoisotopic (exact) mass is 152 g/mol. The molecule has 0 bridgehead atoms.